The molecule has 2 N–H and O–H groups in total. The summed E-state index contributed by atoms with van der Waals surface area (Å²) in [5, 5.41) is 10.2. The summed E-state index contributed by atoms with van der Waals surface area (Å²) in [4.78, 5) is 24.4. The van der Waals surface area contributed by atoms with E-state index in [2.05, 4.69) is 15.5 Å². The Hall–Kier alpha value is -3.15. The van der Waals surface area contributed by atoms with Crippen molar-refractivity contribution in [1.82, 2.24) is 15.5 Å². The maximum absolute atomic E-state index is 12.6. The Balaban J connectivity index is 1.82. The fourth-order valence-electron chi connectivity index (χ4n) is 2.66. The van der Waals surface area contributed by atoms with Crippen molar-refractivity contribution in [3.05, 3.63) is 70.1 Å². The molecule has 0 radical (unpaired) electrons. The van der Waals surface area contributed by atoms with E-state index in [-0.39, 0.29) is 23.2 Å². The second-order valence-electron chi connectivity index (χ2n) is 5.64. The summed E-state index contributed by atoms with van der Waals surface area (Å²) < 4.78 is 5.42. The molecule has 0 spiro atoms. The molecule has 0 bridgehead atoms. The van der Waals surface area contributed by atoms with E-state index in [4.69, 9.17) is 4.74 Å². The third kappa shape index (κ3) is 3.52. The number of nitrogens with one attached hydrogen (secondary N) is 2. The first-order valence-electron chi connectivity index (χ1n) is 8.11. The van der Waals surface area contributed by atoms with Gasteiger partial charge in [-0.15, -0.1) is 0 Å². The van der Waals surface area contributed by atoms with Crippen LogP contribution in [0.1, 0.15) is 35.9 Å². The first-order valence-corrected chi connectivity index (χ1v) is 8.11. The van der Waals surface area contributed by atoms with E-state index in [0.717, 1.165) is 11.3 Å². The highest BCUT2D eigenvalue weighted by molar-refractivity contribution is 6.04. The zero-order chi connectivity index (χ0) is 17.8. The molecule has 0 fully saturated rings. The highest BCUT2D eigenvalue weighted by Crippen LogP contribution is 2.19. The molecule has 1 atom stereocenters. The number of fused-ring (bicyclic) bond motifs is 1. The van der Waals surface area contributed by atoms with Crippen LogP contribution in [-0.2, 0) is 0 Å². The quantitative estimate of drug-likeness (QED) is 0.750. The molecule has 0 saturated carbocycles. The van der Waals surface area contributed by atoms with E-state index in [1.807, 2.05) is 38.1 Å². The van der Waals surface area contributed by atoms with Crippen molar-refractivity contribution in [2.75, 3.05) is 6.61 Å². The molecular weight excluding hydrogens is 318 g/mol. The number of ether oxygens (including phenoxy) is 1. The van der Waals surface area contributed by atoms with Gasteiger partial charge >= 0.3 is 0 Å². The lowest BCUT2D eigenvalue weighted by Crippen LogP contribution is -2.29. The first kappa shape index (κ1) is 16.7. The van der Waals surface area contributed by atoms with Crippen LogP contribution in [0.5, 0.6) is 5.75 Å². The van der Waals surface area contributed by atoms with E-state index in [1.54, 1.807) is 24.3 Å². The monoisotopic (exact) mass is 337 g/mol. The Bertz CT molecular complexity index is 948. The molecule has 128 valence electrons. The Labute approximate surface area is 144 Å². The van der Waals surface area contributed by atoms with Gasteiger partial charge in [0.05, 0.1) is 18.0 Å². The number of carbonyl (C=O) groups excluding carboxylic acids is 1. The highest BCUT2D eigenvalue weighted by Gasteiger charge is 2.16. The van der Waals surface area contributed by atoms with Crippen molar-refractivity contribution in [3.63, 3.8) is 0 Å². The van der Waals surface area contributed by atoms with Gasteiger partial charge in [-0.1, -0.05) is 30.3 Å². The van der Waals surface area contributed by atoms with Crippen LogP contribution in [-0.4, -0.2) is 22.7 Å². The molecule has 3 rings (SSSR count). The summed E-state index contributed by atoms with van der Waals surface area (Å²) >= 11 is 0. The van der Waals surface area contributed by atoms with Gasteiger partial charge < -0.3 is 10.1 Å². The third-order valence-electron chi connectivity index (χ3n) is 3.95. The minimum atomic E-state index is -0.339. The lowest BCUT2D eigenvalue weighted by atomic mass is 10.1. The SMILES string of the molecule is CCOc1ccc(C(C)NC(=O)c2n[nH]c(=O)c3ccccc23)cc1. The van der Waals surface area contributed by atoms with E-state index < -0.39 is 0 Å². The van der Waals surface area contributed by atoms with Gasteiger partial charge in [-0.05, 0) is 37.6 Å². The summed E-state index contributed by atoms with van der Waals surface area (Å²) in [6, 6.07) is 14.3. The normalized spacial score (nSPS) is 11.9. The highest BCUT2D eigenvalue weighted by atomic mass is 16.5. The summed E-state index contributed by atoms with van der Waals surface area (Å²) in [6.07, 6.45) is 0. The maximum atomic E-state index is 12.6. The number of amides is 1. The number of hydrogen-bond donors (Lipinski definition) is 2. The molecule has 3 aromatic rings. The van der Waals surface area contributed by atoms with Crippen LogP contribution >= 0.6 is 0 Å². The molecule has 1 heterocycles. The number of aromatic amines is 1. The van der Waals surface area contributed by atoms with Gasteiger partial charge in [-0.3, -0.25) is 9.59 Å². The van der Waals surface area contributed by atoms with Crippen LogP contribution in [0.4, 0.5) is 0 Å². The number of hydrogen-bond acceptors (Lipinski definition) is 4. The Morgan fingerprint density at radius 2 is 1.84 bits per heavy atom. The minimum Gasteiger partial charge on any atom is -0.494 e. The molecule has 1 aromatic heterocycles. The standard InChI is InChI=1S/C19H19N3O3/c1-3-25-14-10-8-13(9-11-14)12(2)20-19(24)17-15-6-4-5-7-16(15)18(23)22-21-17/h4-12H,3H2,1-2H3,(H,20,24)(H,22,23). The Morgan fingerprint density at radius 1 is 1.16 bits per heavy atom. The van der Waals surface area contributed by atoms with Crippen LogP contribution < -0.4 is 15.6 Å². The molecule has 0 saturated heterocycles. The van der Waals surface area contributed by atoms with Gasteiger partial charge in [-0.25, -0.2) is 5.10 Å². The summed E-state index contributed by atoms with van der Waals surface area (Å²) in [5.41, 5.74) is 0.838. The van der Waals surface area contributed by atoms with Gasteiger partial charge in [-0.2, -0.15) is 5.10 Å². The van der Waals surface area contributed by atoms with Crippen molar-refractivity contribution >= 4 is 16.7 Å². The zero-order valence-corrected chi connectivity index (χ0v) is 14.1. The van der Waals surface area contributed by atoms with Gasteiger partial charge in [0.15, 0.2) is 5.69 Å². The number of rotatable bonds is 5. The van der Waals surface area contributed by atoms with Crippen molar-refractivity contribution in [3.8, 4) is 5.75 Å². The molecule has 0 aliphatic heterocycles. The van der Waals surface area contributed by atoms with E-state index in [1.165, 1.54) is 0 Å². The maximum Gasteiger partial charge on any atom is 0.272 e. The molecule has 6 nitrogen and oxygen atoms in total. The largest absolute Gasteiger partial charge is 0.494 e. The molecule has 6 heteroatoms. The van der Waals surface area contributed by atoms with Crippen molar-refractivity contribution < 1.29 is 9.53 Å². The van der Waals surface area contributed by atoms with Crippen molar-refractivity contribution in [1.29, 1.82) is 0 Å². The molecule has 0 aliphatic carbocycles. The Morgan fingerprint density at radius 3 is 2.52 bits per heavy atom. The van der Waals surface area contributed by atoms with Crippen LogP contribution in [0.15, 0.2) is 53.3 Å². The van der Waals surface area contributed by atoms with E-state index in [9.17, 15) is 9.59 Å². The summed E-state index contributed by atoms with van der Waals surface area (Å²) in [5.74, 6) is 0.451. The van der Waals surface area contributed by atoms with Gasteiger partial charge in [0, 0.05) is 5.39 Å². The fourth-order valence-corrected chi connectivity index (χ4v) is 2.66. The van der Waals surface area contributed by atoms with Crippen LogP contribution in [0.3, 0.4) is 0 Å². The van der Waals surface area contributed by atoms with Crippen LogP contribution in [0, 0.1) is 0 Å². The lowest BCUT2D eigenvalue weighted by molar-refractivity contribution is 0.0935. The molecule has 2 aromatic carbocycles. The lowest BCUT2D eigenvalue weighted by Gasteiger charge is -2.15. The van der Waals surface area contributed by atoms with Crippen LogP contribution in [0.2, 0.25) is 0 Å². The zero-order valence-electron chi connectivity index (χ0n) is 14.1. The number of nitrogens with zero attached hydrogens (tertiary/aromatic N) is 1. The number of H-pyrrole nitrogens is 1. The van der Waals surface area contributed by atoms with Crippen molar-refractivity contribution in [2.45, 2.75) is 19.9 Å². The predicted molar refractivity (Wildman–Crippen MR) is 95.9 cm³/mol. The molecular formula is C19H19N3O3. The second-order valence-corrected chi connectivity index (χ2v) is 5.64. The van der Waals surface area contributed by atoms with Gasteiger partial charge in [0.1, 0.15) is 5.75 Å². The van der Waals surface area contributed by atoms with Crippen LogP contribution in [0.25, 0.3) is 10.8 Å². The molecule has 1 amide bonds. The molecule has 25 heavy (non-hydrogen) atoms. The van der Waals surface area contributed by atoms with E-state index >= 15 is 0 Å². The van der Waals surface area contributed by atoms with Gasteiger partial charge in [0.2, 0.25) is 0 Å². The predicted octanol–water partition coefficient (Wildman–Crippen LogP) is 2.81. The second kappa shape index (κ2) is 7.17. The molecule has 1 unspecified atom stereocenters. The number of benzene rings is 2. The third-order valence-corrected chi connectivity index (χ3v) is 3.95. The topological polar surface area (TPSA) is 84.1 Å². The number of aromatic nitrogens is 2. The summed E-state index contributed by atoms with van der Waals surface area (Å²) in [7, 11) is 0. The summed E-state index contributed by atoms with van der Waals surface area (Å²) in [6.45, 7) is 4.43. The minimum absolute atomic E-state index is 0.202. The Kier molecular flexibility index (Phi) is 4.79. The average molecular weight is 337 g/mol. The molecule has 0 aliphatic rings. The van der Waals surface area contributed by atoms with Crippen molar-refractivity contribution in [2.24, 2.45) is 0 Å². The number of carbonyl (C=O) groups is 1. The smallest absolute Gasteiger partial charge is 0.272 e. The van der Waals surface area contributed by atoms with Gasteiger partial charge in [0.25, 0.3) is 11.5 Å². The fraction of sp³-hybridized carbons (Fsp3) is 0.211. The first-order chi connectivity index (χ1) is 12.1. The van der Waals surface area contributed by atoms with E-state index in [0.29, 0.717) is 17.4 Å². The average Bonchev–Trinajstić information content (AvgIpc) is 2.63.